The maximum atomic E-state index is 13.7. The standard InChI is InChI=1S/C17H19BrFN/c1-20(12-15-9-5-6-10-17(15)19)13-16(11-18)14-7-3-2-4-8-14/h2-10,16H,11-13H2,1H3. The monoisotopic (exact) mass is 335 g/mol. The molecule has 0 aromatic heterocycles. The molecule has 2 aromatic rings. The third kappa shape index (κ3) is 4.15. The molecule has 0 amide bonds. The third-order valence-electron chi connectivity index (χ3n) is 3.39. The van der Waals surface area contributed by atoms with Crippen molar-refractivity contribution in [2.45, 2.75) is 12.5 Å². The van der Waals surface area contributed by atoms with Crippen LogP contribution in [0.25, 0.3) is 0 Å². The highest BCUT2D eigenvalue weighted by Gasteiger charge is 2.13. The van der Waals surface area contributed by atoms with E-state index in [2.05, 4.69) is 45.1 Å². The van der Waals surface area contributed by atoms with E-state index < -0.39 is 0 Å². The van der Waals surface area contributed by atoms with Crippen LogP contribution in [-0.2, 0) is 6.54 Å². The number of benzene rings is 2. The molecule has 0 radical (unpaired) electrons. The number of rotatable bonds is 6. The molecule has 2 rings (SSSR count). The molecule has 0 N–H and O–H groups in total. The van der Waals surface area contributed by atoms with Gasteiger partial charge in [-0.05, 0) is 18.7 Å². The van der Waals surface area contributed by atoms with E-state index in [1.165, 1.54) is 11.6 Å². The molecule has 0 aliphatic heterocycles. The molecule has 20 heavy (non-hydrogen) atoms. The van der Waals surface area contributed by atoms with Crippen LogP contribution in [0.5, 0.6) is 0 Å². The van der Waals surface area contributed by atoms with E-state index in [0.29, 0.717) is 12.5 Å². The van der Waals surface area contributed by atoms with Crippen molar-refractivity contribution < 1.29 is 4.39 Å². The molecule has 3 heteroatoms. The van der Waals surface area contributed by atoms with Gasteiger partial charge in [0.15, 0.2) is 0 Å². The quantitative estimate of drug-likeness (QED) is 0.705. The minimum absolute atomic E-state index is 0.130. The lowest BCUT2D eigenvalue weighted by Crippen LogP contribution is -2.25. The van der Waals surface area contributed by atoms with E-state index in [0.717, 1.165) is 17.4 Å². The lowest BCUT2D eigenvalue weighted by molar-refractivity contribution is 0.306. The van der Waals surface area contributed by atoms with Crippen LogP contribution in [0.2, 0.25) is 0 Å². The average Bonchev–Trinajstić information content (AvgIpc) is 2.48. The van der Waals surface area contributed by atoms with Gasteiger partial charge in [-0.1, -0.05) is 64.5 Å². The summed E-state index contributed by atoms with van der Waals surface area (Å²) in [6.07, 6.45) is 0. The first-order valence-electron chi connectivity index (χ1n) is 6.73. The normalized spacial score (nSPS) is 12.6. The lowest BCUT2D eigenvalue weighted by Gasteiger charge is -2.23. The van der Waals surface area contributed by atoms with Crippen molar-refractivity contribution in [3.8, 4) is 0 Å². The van der Waals surface area contributed by atoms with Gasteiger partial charge in [-0.25, -0.2) is 4.39 Å². The van der Waals surface area contributed by atoms with E-state index in [9.17, 15) is 4.39 Å². The van der Waals surface area contributed by atoms with Crippen molar-refractivity contribution in [1.82, 2.24) is 4.90 Å². The molecule has 1 unspecified atom stereocenters. The largest absolute Gasteiger partial charge is 0.301 e. The molecule has 0 saturated carbocycles. The Kier molecular flexibility index (Phi) is 5.74. The molecule has 1 atom stereocenters. The number of halogens is 2. The van der Waals surface area contributed by atoms with Crippen molar-refractivity contribution in [3.05, 3.63) is 71.5 Å². The van der Waals surface area contributed by atoms with Gasteiger partial charge < -0.3 is 4.90 Å². The Morgan fingerprint density at radius 3 is 2.35 bits per heavy atom. The Bertz CT molecular complexity index is 530. The maximum absolute atomic E-state index is 13.7. The summed E-state index contributed by atoms with van der Waals surface area (Å²) in [5.74, 6) is 0.280. The Morgan fingerprint density at radius 1 is 1.05 bits per heavy atom. The summed E-state index contributed by atoms with van der Waals surface area (Å²) in [7, 11) is 2.03. The van der Waals surface area contributed by atoms with Crippen LogP contribution in [0.3, 0.4) is 0 Å². The number of hydrogen-bond acceptors (Lipinski definition) is 1. The van der Waals surface area contributed by atoms with Crippen LogP contribution in [0.15, 0.2) is 54.6 Å². The van der Waals surface area contributed by atoms with Crippen LogP contribution in [0, 0.1) is 5.82 Å². The van der Waals surface area contributed by atoms with Crippen LogP contribution in [-0.4, -0.2) is 23.8 Å². The molecule has 0 spiro atoms. The molecular formula is C17H19BrFN. The molecule has 106 valence electrons. The Labute approximate surface area is 128 Å². The van der Waals surface area contributed by atoms with E-state index in [1.54, 1.807) is 6.07 Å². The summed E-state index contributed by atoms with van der Waals surface area (Å²) in [6, 6.07) is 17.4. The SMILES string of the molecule is CN(Cc1ccccc1F)CC(CBr)c1ccccc1. The highest BCUT2D eigenvalue weighted by Crippen LogP contribution is 2.20. The van der Waals surface area contributed by atoms with Gasteiger partial charge in [-0.3, -0.25) is 0 Å². The van der Waals surface area contributed by atoms with Gasteiger partial charge in [0.2, 0.25) is 0 Å². The van der Waals surface area contributed by atoms with Gasteiger partial charge in [0, 0.05) is 29.9 Å². The molecule has 0 fully saturated rings. The van der Waals surface area contributed by atoms with Crippen LogP contribution < -0.4 is 0 Å². The molecule has 0 heterocycles. The first kappa shape index (κ1) is 15.2. The van der Waals surface area contributed by atoms with Gasteiger partial charge in [0.1, 0.15) is 5.82 Å². The first-order valence-corrected chi connectivity index (χ1v) is 7.85. The van der Waals surface area contributed by atoms with Crippen molar-refractivity contribution in [2.24, 2.45) is 0 Å². The summed E-state index contributed by atoms with van der Waals surface area (Å²) in [4.78, 5) is 2.16. The summed E-state index contributed by atoms with van der Waals surface area (Å²) in [6.45, 7) is 1.52. The van der Waals surface area contributed by atoms with Gasteiger partial charge in [0.25, 0.3) is 0 Å². The second-order valence-corrected chi connectivity index (χ2v) is 5.70. The Morgan fingerprint density at radius 2 is 1.70 bits per heavy atom. The van der Waals surface area contributed by atoms with Crippen molar-refractivity contribution in [1.29, 1.82) is 0 Å². The molecule has 0 aliphatic rings. The minimum atomic E-state index is -0.130. The second-order valence-electron chi connectivity index (χ2n) is 5.05. The zero-order chi connectivity index (χ0) is 14.4. The molecular weight excluding hydrogens is 317 g/mol. The molecule has 0 bridgehead atoms. The van der Waals surface area contributed by atoms with Crippen molar-refractivity contribution in [2.75, 3.05) is 18.9 Å². The summed E-state index contributed by atoms with van der Waals surface area (Å²) in [5.41, 5.74) is 2.06. The number of nitrogens with zero attached hydrogens (tertiary/aromatic N) is 1. The van der Waals surface area contributed by atoms with E-state index in [1.807, 2.05) is 25.2 Å². The first-order chi connectivity index (χ1) is 9.70. The predicted molar refractivity (Wildman–Crippen MR) is 85.7 cm³/mol. The summed E-state index contributed by atoms with van der Waals surface area (Å²) >= 11 is 3.58. The third-order valence-corrected chi connectivity index (χ3v) is 4.17. The summed E-state index contributed by atoms with van der Waals surface area (Å²) < 4.78 is 13.7. The fraction of sp³-hybridized carbons (Fsp3) is 0.294. The number of hydrogen-bond donors (Lipinski definition) is 0. The van der Waals surface area contributed by atoms with E-state index in [-0.39, 0.29) is 5.82 Å². The van der Waals surface area contributed by atoms with Crippen LogP contribution in [0.1, 0.15) is 17.0 Å². The Hall–Kier alpha value is -1.19. The number of alkyl halides is 1. The van der Waals surface area contributed by atoms with Crippen LogP contribution >= 0.6 is 15.9 Å². The molecule has 1 nitrogen and oxygen atoms in total. The second kappa shape index (κ2) is 7.55. The summed E-state index contributed by atoms with van der Waals surface area (Å²) in [5, 5.41) is 0.901. The van der Waals surface area contributed by atoms with Crippen LogP contribution in [0.4, 0.5) is 4.39 Å². The highest BCUT2D eigenvalue weighted by atomic mass is 79.9. The molecule has 0 aliphatic carbocycles. The fourth-order valence-corrected chi connectivity index (χ4v) is 2.91. The van der Waals surface area contributed by atoms with Gasteiger partial charge >= 0.3 is 0 Å². The smallest absolute Gasteiger partial charge is 0.127 e. The minimum Gasteiger partial charge on any atom is -0.301 e. The van der Waals surface area contributed by atoms with Crippen molar-refractivity contribution >= 4 is 15.9 Å². The van der Waals surface area contributed by atoms with Gasteiger partial charge in [-0.2, -0.15) is 0 Å². The van der Waals surface area contributed by atoms with Crippen molar-refractivity contribution in [3.63, 3.8) is 0 Å². The van der Waals surface area contributed by atoms with Gasteiger partial charge in [-0.15, -0.1) is 0 Å². The Balaban J connectivity index is 2.00. The predicted octanol–water partition coefficient (Wildman–Crippen LogP) is 4.44. The highest BCUT2D eigenvalue weighted by molar-refractivity contribution is 9.09. The van der Waals surface area contributed by atoms with E-state index in [4.69, 9.17) is 0 Å². The lowest BCUT2D eigenvalue weighted by atomic mass is 10.0. The topological polar surface area (TPSA) is 3.24 Å². The molecule has 0 saturated heterocycles. The van der Waals surface area contributed by atoms with Gasteiger partial charge in [0.05, 0.1) is 0 Å². The fourth-order valence-electron chi connectivity index (χ4n) is 2.33. The average molecular weight is 336 g/mol. The maximum Gasteiger partial charge on any atom is 0.127 e. The zero-order valence-electron chi connectivity index (χ0n) is 11.6. The zero-order valence-corrected chi connectivity index (χ0v) is 13.2. The van der Waals surface area contributed by atoms with E-state index >= 15 is 0 Å². The number of likely N-dealkylation sites (N-methyl/N-ethyl adjacent to an activating group) is 1. The molecule has 2 aromatic carbocycles.